The molecule has 1 fully saturated rings. The van der Waals surface area contributed by atoms with Gasteiger partial charge in [0.2, 0.25) is 0 Å². The predicted octanol–water partition coefficient (Wildman–Crippen LogP) is 2.40. The number of methoxy groups -OCH3 is 1. The number of hydrogen-bond acceptors (Lipinski definition) is 4. The molecule has 1 aromatic rings. The minimum Gasteiger partial charge on any atom is -0.497 e. The third-order valence-corrected chi connectivity index (χ3v) is 3.50. The van der Waals surface area contributed by atoms with Crippen LogP contribution in [-0.4, -0.2) is 37.7 Å². The van der Waals surface area contributed by atoms with E-state index in [-0.39, 0.29) is 5.97 Å². The number of nitrogens with zero attached hydrogens (tertiary/aromatic N) is 1. The highest BCUT2D eigenvalue weighted by atomic mass is 16.5. The van der Waals surface area contributed by atoms with Gasteiger partial charge in [-0.05, 0) is 44.0 Å². The fraction of sp³-hybridized carbons (Fsp3) is 0.533. The summed E-state index contributed by atoms with van der Waals surface area (Å²) in [4.78, 5) is 13.8. The largest absolute Gasteiger partial charge is 0.497 e. The molecule has 1 atom stereocenters. The van der Waals surface area contributed by atoms with E-state index in [2.05, 4.69) is 17.0 Å². The van der Waals surface area contributed by atoms with Crippen molar-refractivity contribution in [1.29, 1.82) is 0 Å². The van der Waals surface area contributed by atoms with Crippen molar-refractivity contribution >= 4 is 5.97 Å². The molecule has 4 heteroatoms. The zero-order valence-electron chi connectivity index (χ0n) is 11.6. The van der Waals surface area contributed by atoms with Gasteiger partial charge in [0.05, 0.1) is 20.3 Å². The van der Waals surface area contributed by atoms with Crippen LogP contribution in [0.3, 0.4) is 0 Å². The third-order valence-electron chi connectivity index (χ3n) is 3.50. The van der Waals surface area contributed by atoms with Crippen molar-refractivity contribution in [3.05, 3.63) is 29.8 Å². The van der Waals surface area contributed by atoms with Crippen molar-refractivity contribution in [2.45, 2.75) is 25.8 Å². The maximum absolute atomic E-state index is 11.6. The van der Waals surface area contributed by atoms with Gasteiger partial charge >= 0.3 is 5.97 Å². The molecule has 1 aliphatic rings. The lowest BCUT2D eigenvalue weighted by Crippen LogP contribution is -2.30. The van der Waals surface area contributed by atoms with Crippen LogP contribution >= 0.6 is 0 Å². The van der Waals surface area contributed by atoms with Crippen LogP contribution in [0.1, 0.15) is 31.4 Å². The van der Waals surface area contributed by atoms with E-state index in [9.17, 15) is 4.79 Å². The first-order valence-corrected chi connectivity index (χ1v) is 6.78. The highest BCUT2D eigenvalue weighted by Crippen LogP contribution is 2.32. The molecule has 1 heterocycles. The summed E-state index contributed by atoms with van der Waals surface area (Å²) in [6.45, 7) is 3.61. The average Bonchev–Trinajstić information content (AvgIpc) is 2.87. The van der Waals surface area contributed by atoms with Crippen LogP contribution in [0, 0.1) is 0 Å². The lowest BCUT2D eigenvalue weighted by atomic mass is 10.0. The molecular weight excluding hydrogens is 242 g/mol. The molecule has 0 bridgehead atoms. The van der Waals surface area contributed by atoms with E-state index >= 15 is 0 Å². The predicted molar refractivity (Wildman–Crippen MR) is 73.2 cm³/mol. The van der Waals surface area contributed by atoms with E-state index in [0.717, 1.165) is 25.1 Å². The smallest absolute Gasteiger partial charge is 0.320 e. The lowest BCUT2D eigenvalue weighted by Gasteiger charge is -2.23. The normalized spacial score (nSPS) is 19.4. The average molecular weight is 263 g/mol. The molecule has 0 saturated carbocycles. The van der Waals surface area contributed by atoms with Crippen LogP contribution in [0.25, 0.3) is 0 Å². The van der Waals surface area contributed by atoms with E-state index in [1.54, 1.807) is 7.11 Å². The van der Waals surface area contributed by atoms with E-state index in [1.165, 1.54) is 5.56 Å². The lowest BCUT2D eigenvalue weighted by molar-refractivity contribution is -0.144. The van der Waals surface area contributed by atoms with Gasteiger partial charge in [0.1, 0.15) is 5.75 Å². The maximum atomic E-state index is 11.6. The molecule has 0 spiro atoms. The summed E-state index contributed by atoms with van der Waals surface area (Å²) in [5, 5.41) is 0. The Balaban J connectivity index is 2.02. The zero-order valence-corrected chi connectivity index (χ0v) is 11.6. The highest BCUT2D eigenvalue weighted by molar-refractivity contribution is 5.71. The minimum atomic E-state index is -0.136. The SMILES string of the molecule is CCOC(=O)CN1CCC[C@H]1c1ccc(OC)cc1. The Kier molecular flexibility index (Phi) is 4.80. The molecule has 1 aliphatic heterocycles. The Morgan fingerprint density at radius 1 is 1.37 bits per heavy atom. The summed E-state index contributed by atoms with van der Waals surface area (Å²) in [6.07, 6.45) is 2.21. The zero-order chi connectivity index (χ0) is 13.7. The number of likely N-dealkylation sites (tertiary alicyclic amines) is 1. The van der Waals surface area contributed by atoms with Gasteiger partial charge in [-0.1, -0.05) is 12.1 Å². The highest BCUT2D eigenvalue weighted by Gasteiger charge is 2.27. The van der Waals surface area contributed by atoms with Gasteiger partial charge in [-0.25, -0.2) is 0 Å². The Bertz CT molecular complexity index is 416. The van der Waals surface area contributed by atoms with Gasteiger partial charge in [0.15, 0.2) is 0 Å². The quantitative estimate of drug-likeness (QED) is 0.765. The molecule has 2 rings (SSSR count). The van der Waals surface area contributed by atoms with Gasteiger partial charge in [0, 0.05) is 6.04 Å². The van der Waals surface area contributed by atoms with E-state index < -0.39 is 0 Å². The maximum Gasteiger partial charge on any atom is 0.320 e. The molecule has 1 saturated heterocycles. The van der Waals surface area contributed by atoms with Crippen molar-refractivity contribution < 1.29 is 14.3 Å². The Hall–Kier alpha value is -1.55. The number of carbonyl (C=O) groups excluding carboxylic acids is 1. The topological polar surface area (TPSA) is 38.8 Å². The summed E-state index contributed by atoms with van der Waals surface area (Å²) >= 11 is 0. The molecule has 0 unspecified atom stereocenters. The molecule has 0 N–H and O–H groups in total. The first kappa shape index (κ1) is 13.9. The number of ether oxygens (including phenoxy) is 2. The molecular formula is C15H21NO3. The first-order valence-electron chi connectivity index (χ1n) is 6.78. The number of esters is 1. The number of hydrogen-bond donors (Lipinski definition) is 0. The van der Waals surface area contributed by atoms with Crippen LogP contribution in [-0.2, 0) is 9.53 Å². The Morgan fingerprint density at radius 3 is 2.74 bits per heavy atom. The van der Waals surface area contributed by atoms with Crippen LogP contribution in [0.2, 0.25) is 0 Å². The minimum absolute atomic E-state index is 0.136. The standard InChI is InChI=1S/C15H21NO3/c1-3-19-15(17)11-16-10-4-5-14(16)12-6-8-13(18-2)9-7-12/h6-9,14H,3-5,10-11H2,1-2H3/t14-/m0/s1. The van der Waals surface area contributed by atoms with E-state index in [1.807, 2.05) is 19.1 Å². The molecule has 1 aromatic carbocycles. The Labute approximate surface area is 114 Å². The van der Waals surface area contributed by atoms with Crippen molar-refractivity contribution in [1.82, 2.24) is 4.90 Å². The summed E-state index contributed by atoms with van der Waals surface area (Å²) in [5.41, 5.74) is 1.24. The van der Waals surface area contributed by atoms with Crippen LogP contribution < -0.4 is 4.74 Å². The second kappa shape index (κ2) is 6.57. The van der Waals surface area contributed by atoms with Gasteiger partial charge in [0.25, 0.3) is 0 Å². The molecule has 19 heavy (non-hydrogen) atoms. The molecule has 4 nitrogen and oxygen atoms in total. The Morgan fingerprint density at radius 2 is 2.11 bits per heavy atom. The van der Waals surface area contributed by atoms with E-state index in [0.29, 0.717) is 19.2 Å². The molecule has 0 amide bonds. The van der Waals surface area contributed by atoms with Crippen molar-refractivity contribution in [3.8, 4) is 5.75 Å². The molecule has 0 aromatic heterocycles. The first-order chi connectivity index (χ1) is 9.24. The van der Waals surface area contributed by atoms with Gasteiger partial charge in [-0.2, -0.15) is 0 Å². The monoisotopic (exact) mass is 263 g/mol. The second-order valence-electron chi connectivity index (χ2n) is 4.71. The van der Waals surface area contributed by atoms with Crippen molar-refractivity contribution in [3.63, 3.8) is 0 Å². The van der Waals surface area contributed by atoms with Crippen LogP contribution in [0.4, 0.5) is 0 Å². The molecule has 104 valence electrons. The second-order valence-corrected chi connectivity index (χ2v) is 4.71. The fourth-order valence-corrected chi connectivity index (χ4v) is 2.59. The summed E-state index contributed by atoms with van der Waals surface area (Å²) in [7, 11) is 1.66. The van der Waals surface area contributed by atoms with Gasteiger partial charge in [-0.3, -0.25) is 9.69 Å². The summed E-state index contributed by atoms with van der Waals surface area (Å²) < 4.78 is 10.2. The number of carbonyl (C=O) groups is 1. The van der Waals surface area contributed by atoms with Gasteiger partial charge < -0.3 is 9.47 Å². The number of benzene rings is 1. The van der Waals surface area contributed by atoms with Gasteiger partial charge in [-0.15, -0.1) is 0 Å². The fourth-order valence-electron chi connectivity index (χ4n) is 2.59. The van der Waals surface area contributed by atoms with Crippen molar-refractivity contribution in [2.24, 2.45) is 0 Å². The summed E-state index contributed by atoms with van der Waals surface area (Å²) in [6, 6.07) is 8.40. The summed E-state index contributed by atoms with van der Waals surface area (Å²) in [5.74, 6) is 0.724. The molecule has 0 radical (unpaired) electrons. The van der Waals surface area contributed by atoms with Crippen LogP contribution in [0.15, 0.2) is 24.3 Å². The number of rotatable bonds is 5. The van der Waals surface area contributed by atoms with Crippen LogP contribution in [0.5, 0.6) is 5.75 Å². The van der Waals surface area contributed by atoms with E-state index in [4.69, 9.17) is 9.47 Å². The van der Waals surface area contributed by atoms with Crippen molar-refractivity contribution in [2.75, 3.05) is 26.8 Å². The molecule has 0 aliphatic carbocycles. The third kappa shape index (κ3) is 3.47.